The molecule has 88 valence electrons. The van der Waals surface area contributed by atoms with Crippen molar-refractivity contribution in [2.24, 2.45) is 0 Å². The van der Waals surface area contributed by atoms with Crippen LogP contribution in [-0.2, 0) is 5.75 Å². The normalized spacial score (nSPS) is 15.1. The van der Waals surface area contributed by atoms with E-state index in [0.717, 1.165) is 16.5 Å². The third-order valence-electron chi connectivity index (χ3n) is 2.57. The van der Waals surface area contributed by atoms with Crippen LogP contribution in [0, 0.1) is 0 Å². The average Bonchev–Trinajstić information content (AvgIpc) is 3.06. The molecule has 2 heterocycles. The zero-order valence-corrected chi connectivity index (χ0v) is 9.97. The van der Waals surface area contributed by atoms with E-state index in [4.69, 9.17) is 5.73 Å². The predicted octanol–water partition coefficient (Wildman–Crippen LogP) is 1.28. The van der Waals surface area contributed by atoms with E-state index in [2.05, 4.69) is 20.5 Å². The van der Waals surface area contributed by atoms with Crippen LogP contribution in [-0.4, -0.2) is 25.2 Å². The summed E-state index contributed by atoms with van der Waals surface area (Å²) in [5.74, 6) is 1.35. The van der Waals surface area contributed by atoms with Crippen LogP contribution >= 0.6 is 11.8 Å². The fourth-order valence-corrected chi connectivity index (χ4v) is 2.45. The molecule has 0 aliphatic heterocycles. The summed E-state index contributed by atoms with van der Waals surface area (Å²) in [7, 11) is 0. The molecule has 0 aromatic carbocycles. The highest BCUT2D eigenvalue weighted by atomic mass is 32.2. The van der Waals surface area contributed by atoms with Crippen LogP contribution in [0.5, 0.6) is 0 Å². The molecule has 1 aliphatic carbocycles. The average molecular weight is 248 g/mol. The number of aromatic nitrogens is 5. The Morgan fingerprint density at radius 1 is 1.47 bits per heavy atom. The Balaban J connectivity index is 1.69. The van der Waals surface area contributed by atoms with Gasteiger partial charge in [0.25, 0.3) is 0 Å². The van der Waals surface area contributed by atoms with Crippen molar-refractivity contribution in [2.75, 3.05) is 5.73 Å². The van der Waals surface area contributed by atoms with Gasteiger partial charge in [-0.2, -0.15) is 0 Å². The molecule has 3 rings (SSSR count). The lowest BCUT2D eigenvalue weighted by molar-refractivity contribution is 0.565. The monoisotopic (exact) mass is 248 g/mol. The molecule has 1 saturated carbocycles. The summed E-state index contributed by atoms with van der Waals surface area (Å²) in [5, 5.41) is 12.6. The lowest BCUT2D eigenvalue weighted by Crippen LogP contribution is -1.99. The van der Waals surface area contributed by atoms with Gasteiger partial charge in [-0.3, -0.25) is 0 Å². The number of hydrogen-bond acceptors (Lipinski definition) is 6. The van der Waals surface area contributed by atoms with Crippen molar-refractivity contribution in [1.82, 2.24) is 25.2 Å². The highest BCUT2D eigenvalue weighted by Gasteiger charge is 2.27. The highest BCUT2D eigenvalue weighted by molar-refractivity contribution is 7.98. The van der Waals surface area contributed by atoms with Crippen molar-refractivity contribution in [1.29, 1.82) is 0 Å². The molecule has 17 heavy (non-hydrogen) atoms. The standard InChI is InChI=1S/C10H12N6S/c11-9-5-7(3-4-12-9)6-17-10-13-14-15-16(10)8-1-2-8/h3-5,8H,1-2,6H2,(H2,11,12). The number of hydrogen-bond donors (Lipinski definition) is 1. The Morgan fingerprint density at radius 3 is 3.12 bits per heavy atom. The smallest absolute Gasteiger partial charge is 0.209 e. The summed E-state index contributed by atoms with van der Waals surface area (Å²) in [5.41, 5.74) is 6.76. The lowest BCUT2D eigenvalue weighted by atomic mass is 10.3. The van der Waals surface area contributed by atoms with Gasteiger partial charge >= 0.3 is 0 Å². The Kier molecular flexibility index (Phi) is 2.68. The van der Waals surface area contributed by atoms with Crippen LogP contribution in [0.2, 0.25) is 0 Å². The molecular weight excluding hydrogens is 236 g/mol. The molecule has 0 saturated heterocycles. The fraction of sp³-hybridized carbons (Fsp3) is 0.400. The van der Waals surface area contributed by atoms with Gasteiger partial charge in [-0.25, -0.2) is 9.67 Å². The van der Waals surface area contributed by atoms with Gasteiger partial charge in [0.05, 0.1) is 6.04 Å². The molecule has 6 nitrogen and oxygen atoms in total. The molecule has 7 heteroatoms. The molecule has 0 radical (unpaired) electrons. The van der Waals surface area contributed by atoms with E-state index >= 15 is 0 Å². The van der Waals surface area contributed by atoms with Gasteiger partial charge in [-0.05, 0) is 41.0 Å². The van der Waals surface area contributed by atoms with Crippen molar-refractivity contribution >= 4 is 17.6 Å². The molecule has 2 aromatic heterocycles. The van der Waals surface area contributed by atoms with Crippen molar-refractivity contribution < 1.29 is 0 Å². The first-order valence-electron chi connectivity index (χ1n) is 5.44. The minimum Gasteiger partial charge on any atom is -0.384 e. The number of pyridine rings is 1. The number of anilines is 1. The van der Waals surface area contributed by atoms with E-state index in [9.17, 15) is 0 Å². The molecule has 2 N–H and O–H groups in total. The number of nitrogen functional groups attached to an aromatic ring is 1. The van der Waals surface area contributed by atoms with Gasteiger partial charge in [0.1, 0.15) is 5.82 Å². The predicted molar refractivity (Wildman–Crippen MR) is 64.3 cm³/mol. The van der Waals surface area contributed by atoms with Gasteiger partial charge < -0.3 is 5.73 Å². The maximum atomic E-state index is 5.63. The second kappa shape index (κ2) is 4.33. The molecule has 1 aliphatic rings. The SMILES string of the molecule is Nc1cc(CSc2nnnn2C2CC2)ccn1. The first-order valence-corrected chi connectivity index (χ1v) is 6.42. The van der Waals surface area contributed by atoms with Crippen LogP contribution in [0.1, 0.15) is 24.4 Å². The van der Waals surface area contributed by atoms with E-state index in [1.165, 1.54) is 12.8 Å². The Bertz CT molecular complexity index is 521. The molecule has 0 spiro atoms. The topological polar surface area (TPSA) is 82.5 Å². The molecule has 1 fully saturated rings. The van der Waals surface area contributed by atoms with Gasteiger partial charge in [0.2, 0.25) is 5.16 Å². The second-order valence-corrected chi connectivity index (χ2v) is 4.96. The van der Waals surface area contributed by atoms with Gasteiger partial charge in [0, 0.05) is 11.9 Å². The van der Waals surface area contributed by atoms with Crippen LogP contribution in [0.25, 0.3) is 0 Å². The lowest BCUT2D eigenvalue weighted by Gasteiger charge is -2.02. The zero-order valence-electron chi connectivity index (χ0n) is 9.15. The zero-order chi connectivity index (χ0) is 11.7. The van der Waals surface area contributed by atoms with E-state index < -0.39 is 0 Å². The maximum absolute atomic E-state index is 5.63. The van der Waals surface area contributed by atoms with Crippen LogP contribution in [0.4, 0.5) is 5.82 Å². The fourth-order valence-electron chi connectivity index (χ4n) is 1.56. The van der Waals surface area contributed by atoms with Crippen molar-refractivity contribution in [3.05, 3.63) is 23.9 Å². The van der Waals surface area contributed by atoms with Gasteiger partial charge in [-0.15, -0.1) is 5.10 Å². The Hall–Kier alpha value is -1.63. The number of nitrogens with zero attached hydrogens (tertiary/aromatic N) is 5. The first-order chi connectivity index (χ1) is 8.33. The van der Waals surface area contributed by atoms with E-state index in [-0.39, 0.29) is 0 Å². The van der Waals surface area contributed by atoms with Crippen molar-refractivity contribution in [3.8, 4) is 0 Å². The van der Waals surface area contributed by atoms with E-state index in [1.807, 2.05) is 16.8 Å². The van der Waals surface area contributed by atoms with Crippen molar-refractivity contribution in [3.63, 3.8) is 0 Å². The third-order valence-corrected chi connectivity index (χ3v) is 3.57. The van der Waals surface area contributed by atoms with E-state index in [1.54, 1.807) is 18.0 Å². The van der Waals surface area contributed by atoms with Gasteiger partial charge in [-0.1, -0.05) is 11.8 Å². The van der Waals surface area contributed by atoms with Crippen LogP contribution < -0.4 is 5.73 Å². The quantitative estimate of drug-likeness (QED) is 0.821. The number of nitrogens with two attached hydrogens (primary N) is 1. The molecule has 2 aromatic rings. The maximum Gasteiger partial charge on any atom is 0.209 e. The van der Waals surface area contributed by atoms with Gasteiger partial charge in [0.15, 0.2) is 0 Å². The number of tetrazole rings is 1. The molecule has 0 bridgehead atoms. The molecular formula is C10H12N6S. The molecule has 0 amide bonds. The summed E-state index contributed by atoms with van der Waals surface area (Å²) < 4.78 is 1.91. The summed E-state index contributed by atoms with van der Waals surface area (Å²) >= 11 is 1.63. The van der Waals surface area contributed by atoms with Crippen LogP contribution in [0.3, 0.4) is 0 Å². The Morgan fingerprint density at radius 2 is 2.35 bits per heavy atom. The minimum absolute atomic E-state index is 0.509. The van der Waals surface area contributed by atoms with Crippen molar-refractivity contribution in [2.45, 2.75) is 29.8 Å². The summed E-state index contributed by atoms with van der Waals surface area (Å²) in [4.78, 5) is 3.96. The van der Waals surface area contributed by atoms with Crippen LogP contribution in [0.15, 0.2) is 23.5 Å². The number of rotatable bonds is 4. The first kappa shape index (κ1) is 10.5. The minimum atomic E-state index is 0.509. The summed E-state index contributed by atoms with van der Waals surface area (Å²) in [6, 6.07) is 4.34. The third kappa shape index (κ3) is 2.38. The second-order valence-electron chi connectivity index (χ2n) is 4.01. The molecule has 0 unspecified atom stereocenters. The summed E-state index contributed by atoms with van der Waals surface area (Å²) in [6.07, 6.45) is 4.08. The highest BCUT2D eigenvalue weighted by Crippen LogP contribution is 2.36. The van der Waals surface area contributed by atoms with E-state index in [0.29, 0.717) is 11.9 Å². The number of thioether (sulfide) groups is 1. The Labute approximate surface area is 103 Å². The molecule has 0 atom stereocenters. The summed E-state index contributed by atoms with van der Waals surface area (Å²) in [6.45, 7) is 0. The largest absolute Gasteiger partial charge is 0.384 e.